The fraction of sp³-hybridized carbons (Fsp3) is 0.105. The molecule has 0 spiro atoms. The van der Waals surface area contributed by atoms with Crippen molar-refractivity contribution in [2.75, 3.05) is 0 Å². The molecule has 104 valence electrons. The molecule has 0 radical (unpaired) electrons. The Hall–Kier alpha value is -2.12. The minimum atomic E-state index is 0.119. The normalized spacial score (nSPS) is 12.9. The average Bonchev–Trinajstić information content (AvgIpc) is 2.53. The fourth-order valence-corrected chi connectivity index (χ4v) is 2.44. The van der Waals surface area contributed by atoms with E-state index in [0.717, 1.165) is 16.1 Å². The molecule has 0 amide bonds. The molecule has 3 aromatic rings. The molecule has 0 saturated heterocycles. The molecule has 0 bridgehead atoms. The summed E-state index contributed by atoms with van der Waals surface area (Å²) in [6.07, 6.45) is 1.94. The standard InChI is InChI=1S/C19H16ClN/c1-14(16-8-10-19(20)11-9-16)21-13-15-6-7-17-4-2-3-5-18(17)12-15/h2-14H,1H3/t14-/m0/s1. The van der Waals surface area contributed by atoms with Crippen LogP contribution in [0.15, 0.2) is 71.7 Å². The molecule has 0 saturated carbocycles. The third kappa shape index (κ3) is 3.32. The monoisotopic (exact) mass is 293 g/mol. The van der Waals surface area contributed by atoms with Crippen LogP contribution in [0.25, 0.3) is 10.8 Å². The lowest BCUT2D eigenvalue weighted by Crippen LogP contribution is -1.91. The molecule has 0 heterocycles. The number of hydrogen-bond donors (Lipinski definition) is 0. The van der Waals surface area contributed by atoms with Crippen molar-refractivity contribution in [1.82, 2.24) is 0 Å². The van der Waals surface area contributed by atoms with E-state index >= 15 is 0 Å². The molecule has 0 aliphatic heterocycles. The Kier molecular flexibility index (Phi) is 4.03. The lowest BCUT2D eigenvalue weighted by Gasteiger charge is -2.06. The van der Waals surface area contributed by atoms with E-state index in [4.69, 9.17) is 11.6 Å². The van der Waals surface area contributed by atoms with Crippen LogP contribution < -0.4 is 0 Å². The fourth-order valence-electron chi connectivity index (χ4n) is 2.31. The smallest absolute Gasteiger partial charge is 0.0721 e. The topological polar surface area (TPSA) is 12.4 Å². The predicted octanol–water partition coefficient (Wildman–Crippen LogP) is 5.67. The highest BCUT2D eigenvalue weighted by atomic mass is 35.5. The predicted molar refractivity (Wildman–Crippen MR) is 91.4 cm³/mol. The zero-order valence-electron chi connectivity index (χ0n) is 11.8. The molecule has 1 atom stereocenters. The van der Waals surface area contributed by atoms with Gasteiger partial charge in [-0.25, -0.2) is 0 Å². The molecule has 0 N–H and O–H groups in total. The molecule has 21 heavy (non-hydrogen) atoms. The highest BCUT2D eigenvalue weighted by Crippen LogP contribution is 2.20. The van der Waals surface area contributed by atoms with Gasteiger partial charge in [0.1, 0.15) is 0 Å². The first kappa shape index (κ1) is 13.8. The summed E-state index contributed by atoms with van der Waals surface area (Å²) in [5, 5.41) is 3.24. The maximum Gasteiger partial charge on any atom is 0.0721 e. The molecule has 0 unspecified atom stereocenters. The number of nitrogens with zero attached hydrogens (tertiary/aromatic N) is 1. The molecule has 0 fully saturated rings. The second-order valence-electron chi connectivity index (χ2n) is 5.11. The van der Waals surface area contributed by atoms with Crippen LogP contribution in [-0.2, 0) is 0 Å². The van der Waals surface area contributed by atoms with Gasteiger partial charge in [-0.2, -0.15) is 0 Å². The number of fused-ring (bicyclic) bond motifs is 1. The van der Waals surface area contributed by atoms with E-state index in [9.17, 15) is 0 Å². The lowest BCUT2D eigenvalue weighted by atomic mass is 10.1. The molecule has 0 aliphatic carbocycles. The largest absolute Gasteiger partial charge is 0.285 e. The molecule has 3 aromatic carbocycles. The van der Waals surface area contributed by atoms with Gasteiger partial charge in [0.05, 0.1) is 6.04 Å². The first-order valence-corrected chi connectivity index (χ1v) is 7.37. The number of rotatable bonds is 3. The Balaban J connectivity index is 1.81. The lowest BCUT2D eigenvalue weighted by molar-refractivity contribution is 0.825. The van der Waals surface area contributed by atoms with Crippen molar-refractivity contribution in [3.63, 3.8) is 0 Å². The first-order valence-electron chi connectivity index (χ1n) is 7.00. The summed E-state index contributed by atoms with van der Waals surface area (Å²) in [5.74, 6) is 0. The number of benzene rings is 3. The van der Waals surface area contributed by atoms with Crippen LogP contribution in [0.2, 0.25) is 5.02 Å². The van der Waals surface area contributed by atoms with Crippen molar-refractivity contribution in [2.45, 2.75) is 13.0 Å². The van der Waals surface area contributed by atoms with E-state index in [2.05, 4.69) is 54.4 Å². The molecule has 0 aliphatic rings. The molecular formula is C19H16ClN. The summed E-state index contributed by atoms with van der Waals surface area (Å²) >= 11 is 5.91. The summed E-state index contributed by atoms with van der Waals surface area (Å²) in [6, 6.07) is 22.7. The van der Waals surface area contributed by atoms with E-state index in [0.29, 0.717) is 0 Å². The van der Waals surface area contributed by atoms with Crippen molar-refractivity contribution >= 4 is 28.6 Å². The maximum atomic E-state index is 5.91. The van der Waals surface area contributed by atoms with Gasteiger partial charge < -0.3 is 0 Å². The van der Waals surface area contributed by atoms with Gasteiger partial charge in [-0.1, -0.05) is 60.1 Å². The molecule has 1 nitrogen and oxygen atoms in total. The van der Waals surface area contributed by atoms with Gasteiger partial charge in [-0.3, -0.25) is 4.99 Å². The Morgan fingerprint density at radius 3 is 2.38 bits per heavy atom. The second-order valence-corrected chi connectivity index (χ2v) is 5.55. The highest BCUT2D eigenvalue weighted by Gasteiger charge is 2.02. The summed E-state index contributed by atoms with van der Waals surface area (Å²) < 4.78 is 0. The Morgan fingerprint density at radius 1 is 0.905 bits per heavy atom. The van der Waals surface area contributed by atoms with Gasteiger partial charge >= 0.3 is 0 Å². The Labute approximate surface area is 129 Å². The number of aliphatic imine (C=N–C) groups is 1. The SMILES string of the molecule is C[C@H](N=Cc1ccc2ccccc2c1)c1ccc(Cl)cc1. The van der Waals surface area contributed by atoms with E-state index in [1.807, 2.05) is 30.5 Å². The van der Waals surface area contributed by atoms with Crippen LogP contribution in [0.4, 0.5) is 0 Å². The van der Waals surface area contributed by atoms with Crippen LogP contribution in [0.1, 0.15) is 24.1 Å². The number of hydrogen-bond acceptors (Lipinski definition) is 1. The molecular weight excluding hydrogens is 278 g/mol. The van der Waals surface area contributed by atoms with Crippen LogP contribution >= 0.6 is 11.6 Å². The van der Waals surface area contributed by atoms with Crippen molar-refractivity contribution in [3.8, 4) is 0 Å². The van der Waals surface area contributed by atoms with Crippen molar-refractivity contribution in [1.29, 1.82) is 0 Å². The third-order valence-electron chi connectivity index (χ3n) is 3.57. The summed E-state index contributed by atoms with van der Waals surface area (Å²) in [5.41, 5.74) is 2.28. The maximum absolute atomic E-state index is 5.91. The molecule has 0 aromatic heterocycles. The van der Waals surface area contributed by atoms with Gasteiger partial charge in [0.15, 0.2) is 0 Å². The van der Waals surface area contributed by atoms with Crippen molar-refractivity contribution in [2.24, 2.45) is 4.99 Å². The van der Waals surface area contributed by atoms with Crippen molar-refractivity contribution < 1.29 is 0 Å². The van der Waals surface area contributed by atoms with Crippen LogP contribution in [0.3, 0.4) is 0 Å². The van der Waals surface area contributed by atoms with E-state index in [-0.39, 0.29) is 6.04 Å². The zero-order valence-corrected chi connectivity index (χ0v) is 12.6. The summed E-state index contributed by atoms with van der Waals surface area (Å²) in [4.78, 5) is 4.63. The van der Waals surface area contributed by atoms with Gasteiger partial charge in [0.2, 0.25) is 0 Å². The molecule has 3 rings (SSSR count). The highest BCUT2D eigenvalue weighted by molar-refractivity contribution is 6.30. The van der Waals surface area contributed by atoms with Crippen molar-refractivity contribution in [3.05, 3.63) is 82.9 Å². The van der Waals surface area contributed by atoms with Gasteiger partial charge in [0.25, 0.3) is 0 Å². The van der Waals surface area contributed by atoms with Crippen LogP contribution in [0.5, 0.6) is 0 Å². The number of halogens is 1. The van der Waals surface area contributed by atoms with Gasteiger partial charge in [-0.15, -0.1) is 0 Å². The van der Waals surface area contributed by atoms with Crippen LogP contribution in [0, 0.1) is 0 Å². The average molecular weight is 294 g/mol. The molecule has 2 heteroatoms. The zero-order chi connectivity index (χ0) is 14.7. The minimum absolute atomic E-state index is 0.119. The van der Waals surface area contributed by atoms with E-state index < -0.39 is 0 Å². The summed E-state index contributed by atoms with van der Waals surface area (Å²) in [6.45, 7) is 2.08. The van der Waals surface area contributed by atoms with Gasteiger partial charge in [-0.05, 0) is 47.0 Å². The van der Waals surface area contributed by atoms with E-state index in [1.165, 1.54) is 10.8 Å². The Bertz CT molecular complexity index is 775. The first-order chi connectivity index (χ1) is 10.2. The van der Waals surface area contributed by atoms with Crippen LogP contribution in [-0.4, -0.2) is 6.21 Å². The van der Waals surface area contributed by atoms with Gasteiger partial charge in [0, 0.05) is 11.2 Å². The van der Waals surface area contributed by atoms with E-state index in [1.54, 1.807) is 0 Å². The summed E-state index contributed by atoms with van der Waals surface area (Å²) in [7, 11) is 0. The quantitative estimate of drug-likeness (QED) is 0.551. The third-order valence-corrected chi connectivity index (χ3v) is 3.83. The second kappa shape index (κ2) is 6.11. The minimum Gasteiger partial charge on any atom is -0.285 e. The Morgan fingerprint density at radius 2 is 1.62 bits per heavy atom.